The van der Waals surface area contributed by atoms with Gasteiger partial charge >= 0.3 is 0 Å². The molecular weight excluding hydrogens is 654 g/mol. The quantitative estimate of drug-likeness (QED) is 0.197. The van der Waals surface area contributed by atoms with Crippen LogP contribution < -0.4 is 4.72 Å². The molecule has 1 saturated heterocycles. The standard InChI is InChI=1S/C32H31Cl2FN6O4S/c33-22-12-10-20(11-13-22)29-30(21-4-3-5-23(34)16-21)45-27(17-28-36-39-40-37-28)31(42)41(29)26(19-8-9-19)18-32(14-15-32)46(43,44)38-25-7-2-1-6-24(25)35/h1-7,10-13,16,19,26-27,29-30,38H,8-9,14-15,17-18H2,(H,36,37,39,40)/t26-,27+,29+,30+/m0/s1. The molecule has 3 aromatic carbocycles. The molecule has 2 aliphatic carbocycles. The highest BCUT2D eigenvalue weighted by Crippen LogP contribution is 2.55. The van der Waals surface area contributed by atoms with Crippen molar-refractivity contribution >= 4 is 44.8 Å². The number of H-pyrrole nitrogens is 1. The lowest BCUT2D eigenvalue weighted by molar-refractivity contribution is -0.180. The van der Waals surface area contributed by atoms with Gasteiger partial charge in [0.1, 0.15) is 18.0 Å². The summed E-state index contributed by atoms with van der Waals surface area (Å²) in [4.78, 5) is 16.5. The topological polar surface area (TPSA) is 130 Å². The molecule has 0 bridgehead atoms. The molecule has 2 saturated carbocycles. The van der Waals surface area contributed by atoms with Gasteiger partial charge in [-0.3, -0.25) is 9.52 Å². The normalized spacial score (nSPS) is 23.2. The van der Waals surface area contributed by atoms with E-state index in [4.69, 9.17) is 27.9 Å². The van der Waals surface area contributed by atoms with Gasteiger partial charge in [0.15, 0.2) is 5.82 Å². The third-order valence-electron chi connectivity index (χ3n) is 9.17. The third kappa shape index (κ3) is 6.11. The van der Waals surface area contributed by atoms with Crippen molar-refractivity contribution in [2.45, 2.75) is 67.6 Å². The van der Waals surface area contributed by atoms with Gasteiger partial charge in [0.05, 0.1) is 16.5 Å². The van der Waals surface area contributed by atoms with Gasteiger partial charge in [0.25, 0.3) is 5.91 Å². The van der Waals surface area contributed by atoms with Gasteiger partial charge < -0.3 is 9.64 Å². The van der Waals surface area contributed by atoms with Gasteiger partial charge in [0.2, 0.25) is 10.0 Å². The van der Waals surface area contributed by atoms with E-state index in [-0.39, 0.29) is 30.4 Å². The number of hydrogen-bond donors (Lipinski definition) is 2. The minimum Gasteiger partial charge on any atom is -0.357 e. The number of ether oxygens (including phenoxy) is 1. The second kappa shape index (κ2) is 12.2. The van der Waals surface area contributed by atoms with E-state index in [0.29, 0.717) is 28.7 Å². The van der Waals surface area contributed by atoms with Crippen molar-refractivity contribution in [3.63, 3.8) is 0 Å². The number of aromatic amines is 1. The first-order valence-corrected chi connectivity index (χ1v) is 17.4. The van der Waals surface area contributed by atoms with E-state index in [9.17, 15) is 17.6 Å². The first kappa shape index (κ1) is 31.0. The summed E-state index contributed by atoms with van der Waals surface area (Å²) in [5.41, 5.74) is 1.44. The zero-order valence-electron chi connectivity index (χ0n) is 24.5. The summed E-state index contributed by atoms with van der Waals surface area (Å²) in [6.45, 7) is 0. The maximum absolute atomic E-state index is 14.7. The molecule has 2 heterocycles. The molecule has 14 heteroatoms. The molecule has 46 heavy (non-hydrogen) atoms. The number of para-hydroxylation sites is 1. The Morgan fingerprint density at radius 1 is 1.02 bits per heavy atom. The van der Waals surface area contributed by atoms with Gasteiger partial charge in [-0.05, 0) is 85.5 Å². The van der Waals surface area contributed by atoms with Crippen LogP contribution in [0.4, 0.5) is 10.1 Å². The summed E-state index contributed by atoms with van der Waals surface area (Å²) in [5.74, 6) is -0.564. The molecule has 3 aliphatic rings. The van der Waals surface area contributed by atoms with Crippen LogP contribution >= 0.6 is 23.2 Å². The number of carbonyl (C=O) groups is 1. The maximum atomic E-state index is 14.7. The molecule has 10 nitrogen and oxygen atoms in total. The number of rotatable bonds is 11. The zero-order valence-corrected chi connectivity index (χ0v) is 26.8. The molecule has 2 N–H and O–H groups in total. The number of hydrogen-bond acceptors (Lipinski definition) is 7. The predicted octanol–water partition coefficient (Wildman–Crippen LogP) is 6.04. The average Bonchev–Trinajstić information content (AvgIpc) is 3.97. The number of amides is 1. The van der Waals surface area contributed by atoms with Crippen LogP contribution in [-0.2, 0) is 26.0 Å². The van der Waals surface area contributed by atoms with Crippen LogP contribution in [0.5, 0.6) is 0 Å². The number of sulfonamides is 1. The van der Waals surface area contributed by atoms with Crippen molar-refractivity contribution in [2.24, 2.45) is 5.92 Å². The summed E-state index contributed by atoms with van der Waals surface area (Å²) in [7, 11) is -4.02. The number of aromatic nitrogens is 4. The minimum atomic E-state index is -4.02. The van der Waals surface area contributed by atoms with Crippen molar-refractivity contribution in [3.05, 3.63) is 106 Å². The van der Waals surface area contributed by atoms with Crippen LogP contribution in [0.25, 0.3) is 0 Å². The van der Waals surface area contributed by atoms with E-state index in [2.05, 4.69) is 25.3 Å². The number of benzene rings is 3. The van der Waals surface area contributed by atoms with E-state index >= 15 is 0 Å². The van der Waals surface area contributed by atoms with E-state index in [1.54, 1.807) is 24.3 Å². The van der Waals surface area contributed by atoms with Gasteiger partial charge in [-0.15, -0.1) is 10.2 Å². The molecule has 4 atom stereocenters. The Labute approximate surface area is 275 Å². The summed E-state index contributed by atoms with van der Waals surface area (Å²) < 4.78 is 50.3. The van der Waals surface area contributed by atoms with E-state index in [0.717, 1.165) is 24.0 Å². The van der Waals surface area contributed by atoms with Crippen LogP contribution in [0.2, 0.25) is 10.0 Å². The van der Waals surface area contributed by atoms with Crippen molar-refractivity contribution in [3.8, 4) is 0 Å². The van der Waals surface area contributed by atoms with Crippen LogP contribution in [0.3, 0.4) is 0 Å². The molecule has 3 fully saturated rings. The van der Waals surface area contributed by atoms with E-state index in [1.807, 2.05) is 35.2 Å². The fourth-order valence-electron chi connectivity index (χ4n) is 6.51. The third-order valence-corrected chi connectivity index (χ3v) is 11.9. The number of anilines is 1. The van der Waals surface area contributed by atoms with E-state index in [1.165, 1.54) is 18.2 Å². The van der Waals surface area contributed by atoms with Crippen molar-refractivity contribution in [1.29, 1.82) is 0 Å². The summed E-state index contributed by atoms with van der Waals surface area (Å²) in [5, 5.41) is 15.2. The number of tetrazole rings is 1. The Morgan fingerprint density at radius 2 is 1.78 bits per heavy atom. The van der Waals surface area contributed by atoms with Gasteiger partial charge in [-0.25, -0.2) is 12.8 Å². The Hall–Kier alpha value is -3.58. The van der Waals surface area contributed by atoms with Gasteiger partial charge in [-0.1, -0.05) is 64.8 Å². The maximum Gasteiger partial charge on any atom is 0.253 e. The Bertz CT molecular complexity index is 1840. The fourth-order valence-corrected chi connectivity index (χ4v) is 8.54. The molecule has 0 unspecified atom stereocenters. The number of nitrogens with one attached hydrogen (secondary N) is 2. The number of halogens is 3. The Morgan fingerprint density at radius 3 is 2.43 bits per heavy atom. The van der Waals surface area contributed by atoms with Gasteiger partial charge in [-0.2, -0.15) is 5.21 Å². The molecule has 4 aromatic rings. The first-order chi connectivity index (χ1) is 22.1. The van der Waals surface area contributed by atoms with Crippen molar-refractivity contribution in [2.75, 3.05) is 4.72 Å². The van der Waals surface area contributed by atoms with E-state index < -0.39 is 44.9 Å². The molecule has 0 spiro atoms. The highest BCUT2D eigenvalue weighted by Gasteiger charge is 2.60. The lowest BCUT2D eigenvalue weighted by atomic mass is 9.88. The highest BCUT2D eigenvalue weighted by molar-refractivity contribution is 7.94. The second-order valence-electron chi connectivity index (χ2n) is 12.3. The van der Waals surface area contributed by atoms with Crippen LogP contribution in [0.15, 0.2) is 72.8 Å². The Balaban J connectivity index is 1.31. The molecule has 0 radical (unpaired) electrons. The monoisotopic (exact) mass is 684 g/mol. The van der Waals surface area contributed by atoms with Crippen LogP contribution in [-0.4, -0.2) is 56.7 Å². The van der Waals surface area contributed by atoms with Crippen molar-refractivity contribution < 1.29 is 22.3 Å². The summed E-state index contributed by atoms with van der Waals surface area (Å²) in [6, 6.07) is 19.2. The minimum absolute atomic E-state index is 0.0614. The van der Waals surface area contributed by atoms with Crippen LogP contribution in [0.1, 0.15) is 61.2 Å². The first-order valence-electron chi connectivity index (χ1n) is 15.1. The fraction of sp³-hybridized carbons (Fsp3) is 0.375. The lowest BCUT2D eigenvalue weighted by Crippen LogP contribution is -2.57. The molecule has 7 rings (SSSR count). The zero-order chi connectivity index (χ0) is 32.1. The second-order valence-corrected chi connectivity index (χ2v) is 15.2. The number of carbonyl (C=O) groups excluding carboxylic acids is 1. The molecular formula is C32H31Cl2FN6O4S. The van der Waals surface area contributed by atoms with Gasteiger partial charge in [0, 0.05) is 22.5 Å². The number of morpholine rings is 1. The SMILES string of the molecule is O=C1[C@@H](Cc2nn[nH]n2)O[C@H](c2cccc(Cl)c2)[C@@H](c2ccc(Cl)cc2)N1[C@@H](CC1(S(=O)(=O)Nc2ccccc2F)CC1)C1CC1. The predicted molar refractivity (Wildman–Crippen MR) is 170 cm³/mol. The number of nitrogens with zero attached hydrogens (tertiary/aromatic N) is 4. The van der Waals surface area contributed by atoms with Crippen molar-refractivity contribution in [1.82, 2.24) is 25.5 Å². The summed E-state index contributed by atoms with van der Waals surface area (Å²) in [6.07, 6.45) is 1.09. The lowest BCUT2D eigenvalue weighted by Gasteiger charge is -2.49. The largest absolute Gasteiger partial charge is 0.357 e. The summed E-state index contributed by atoms with van der Waals surface area (Å²) >= 11 is 12.7. The molecule has 1 amide bonds. The van der Waals surface area contributed by atoms with Crippen LogP contribution in [0, 0.1) is 11.7 Å². The smallest absolute Gasteiger partial charge is 0.253 e. The highest BCUT2D eigenvalue weighted by atomic mass is 35.5. The average molecular weight is 686 g/mol. The molecule has 1 aliphatic heterocycles. The molecule has 1 aromatic heterocycles. The molecule has 240 valence electrons. The Kier molecular flexibility index (Phi) is 8.25.